The van der Waals surface area contributed by atoms with Gasteiger partial charge in [-0.15, -0.1) is 0 Å². The summed E-state index contributed by atoms with van der Waals surface area (Å²) in [6.45, 7) is 4.15. The molecule has 1 heterocycles. The fraction of sp³-hybridized carbons (Fsp3) is 0.333. The molecule has 2 N–H and O–H groups in total. The first-order chi connectivity index (χ1) is 9.54. The van der Waals surface area contributed by atoms with Gasteiger partial charge in [-0.1, -0.05) is 13.0 Å². The van der Waals surface area contributed by atoms with Gasteiger partial charge in [0.1, 0.15) is 0 Å². The molecule has 0 aliphatic heterocycles. The van der Waals surface area contributed by atoms with Crippen LogP contribution in [0.5, 0.6) is 0 Å². The van der Waals surface area contributed by atoms with Crippen molar-refractivity contribution in [2.75, 3.05) is 13.1 Å². The van der Waals surface area contributed by atoms with Crippen molar-refractivity contribution in [2.24, 2.45) is 5.92 Å². The van der Waals surface area contributed by atoms with Crippen LogP contribution in [-0.4, -0.2) is 40.0 Å². The molecule has 2 rings (SSSR count). The van der Waals surface area contributed by atoms with Crippen LogP contribution in [0.15, 0.2) is 30.5 Å². The second-order valence-electron chi connectivity index (χ2n) is 4.83. The van der Waals surface area contributed by atoms with Gasteiger partial charge in [-0.3, -0.25) is 9.59 Å². The molecule has 1 aromatic carbocycles. The number of aliphatic carboxylic acids is 1. The Kier molecular flexibility index (Phi) is 4.08. The first kappa shape index (κ1) is 14.1. The van der Waals surface area contributed by atoms with Crippen LogP contribution in [0, 0.1) is 5.92 Å². The molecule has 1 amide bonds. The van der Waals surface area contributed by atoms with E-state index in [1.54, 1.807) is 24.1 Å². The molecule has 0 bridgehead atoms. The second-order valence-corrected chi connectivity index (χ2v) is 4.83. The smallest absolute Gasteiger partial charge is 0.308 e. The molecule has 0 saturated carbocycles. The number of carboxylic acid groups (broad SMARTS) is 1. The summed E-state index contributed by atoms with van der Waals surface area (Å²) in [6.07, 6.45) is 1.79. The predicted octanol–water partition coefficient (Wildman–Crippen LogP) is 2.35. The minimum absolute atomic E-state index is 0.134. The Morgan fingerprint density at radius 1 is 1.35 bits per heavy atom. The van der Waals surface area contributed by atoms with E-state index in [0.717, 1.165) is 10.9 Å². The van der Waals surface area contributed by atoms with E-state index in [4.69, 9.17) is 5.11 Å². The van der Waals surface area contributed by atoms with E-state index in [2.05, 4.69) is 4.98 Å². The fourth-order valence-corrected chi connectivity index (χ4v) is 2.21. The zero-order chi connectivity index (χ0) is 14.7. The zero-order valence-corrected chi connectivity index (χ0v) is 11.6. The number of rotatable bonds is 5. The number of H-pyrrole nitrogens is 1. The number of carboxylic acids is 1. The van der Waals surface area contributed by atoms with Crippen molar-refractivity contribution < 1.29 is 14.7 Å². The van der Waals surface area contributed by atoms with Gasteiger partial charge in [0, 0.05) is 35.8 Å². The Hall–Kier alpha value is -2.30. The van der Waals surface area contributed by atoms with Gasteiger partial charge in [-0.05, 0) is 25.1 Å². The Balaban J connectivity index is 2.28. The number of hydrogen-bond donors (Lipinski definition) is 2. The third kappa shape index (κ3) is 2.66. The summed E-state index contributed by atoms with van der Waals surface area (Å²) in [5, 5.41) is 9.83. The zero-order valence-electron chi connectivity index (χ0n) is 11.6. The first-order valence-corrected chi connectivity index (χ1v) is 6.62. The lowest BCUT2D eigenvalue weighted by atomic mass is 10.1. The number of aromatic amines is 1. The standard InChI is InChI=1S/C15H18N2O3/c1-3-17(9-10(2)15(19)20)14(18)12-5-4-6-13-11(12)7-8-16-13/h4-8,10,16H,3,9H2,1-2H3,(H,19,20). The number of nitrogens with zero attached hydrogens (tertiary/aromatic N) is 1. The van der Waals surface area contributed by atoms with Crippen molar-refractivity contribution in [1.29, 1.82) is 0 Å². The molecule has 5 heteroatoms. The molecule has 106 valence electrons. The molecule has 20 heavy (non-hydrogen) atoms. The van der Waals surface area contributed by atoms with Gasteiger partial charge in [0.2, 0.25) is 0 Å². The van der Waals surface area contributed by atoms with Crippen molar-refractivity contribution in [3.63, 3.8) is 0 Å². The minimum Gasteiger partial charge on any atom is -0.481 e. The highest BCUT2D eigenvalue weighted by Gasteiger charge is 2.21. The van der Waals surface area contributed by atoms with Gasteiger partial charge >= 0.3 is 5.97 Å². The average Bonchev–Trinajstić information content (AvgIpc) is 2.91. The number of fused-ring (bicyclic) bond motifs is 1. The number of hydrogen-bond acceptors (Lipinski definition) is 2. The Morgan fingerprint density at radius 2 is 2.10 bits per heavy atom. The summed E-state index contributed by atoms with van der Waals surface area (Å²) >= 11 is 0. The first-order valence-electron chi connectivity index (χ1n) is 6.62. The quantitative estimate of drug-likeness (QED) is 0.879. The Bertz CT molecular complexity index is 633. The molecular weight excluding hydrogens is 256 g/mol. The molecule has 2 aromatic rings. The molecule has 0 aliphatic rings. The van der Waals surface area contributed by atoms with Gasteiger partial charge in [-0.2, -0.15) is 0 Å². The van der Waals surface area contributed by atoms with E-state index in [9.17, 15) is 9.59 Å². The Labute approximate surface area is 117 Å². The highest BCUT2D eigenvalue weighted by Crippen LogP contribution is 2.19. The van der Waals surface area contributed by atoms with Crippen molar-refractivity contribution >= 4 is 22.8 Å². The molecule has 5 nitrogen and oxygen atoms in total. The van der Waals surface area contributed by atoms with Crippen LogP contribution in [0.2, 0.25) is 0 Å². The van der Waals surface area contributed by atoms with Gasteiger partial charge in [-0.25, -0.2) is 0 Å². The van der Waals surface area contributed by atoms with Gasteiger partial charge < -0.3 is 15.0 Å². The number of benzene rings is 1. The van der Waals surface area contributed by atoms with Crippen LogP contribution >= 0.6 is 0 Å². The minimum atomic E-state index is -0.892. The number of carbonyl (C=O) groups excluding carboxylic acids is 1. The fourth-order valence-electron chi connectivity index (χ4n) is 2.21. The molecule has 0 saturated heterocycles. The third-order valence-corrected chi connectivity index (χ3v) is 3.41. The summed E-state index contributed by atoms with van der Waals surface area (Å²) in [5.74, 6) is -1.61. The monoisotopic (exact) mass is 274 g/mol. The molecule has 0 radical (unpaired) electrons. The maximum Gasteiger partial charge on any atom is 0.308 e. The molecule has 0 aliphatic carbocycles. The van der Waals surface area contributed by atoms with Crippen molar-refractivity contribution in [3.8, 4) is 0 Å². The van der Waals surface area contributed by atoms with Gasteiger partial charge in [0.05, 0.1) is 5.92 Å². The van der Waals surface area contributed by atoms with Crippen LogP contribution in [0.4, 0.5) is 0 Å². The maximum absolute atomic E-state index is 12.6. The lowest BCUT2D eigenvalue weighted by molar-refractivity contribution is -0.141. The summed E-state index contributed by atoms with van der Waals surface area (Å²) in [5.41, 5.74) is 1.50. The molecule has 1 atom stereocenters. The second kappa shape index (κ2) is 5.77. The van der Waals surface area contributed by atoms with E-state index in [0.29, 0.717) is 12.1 Å². The Morgan fingerprint density at radius 3 is 2.75 bits per heavy atom. The van der Waals surface area contributed by atoms with Crippen LogP contribution in [0.1, 0.15) is 24.2 Å². The average molecular weight is 274 g/mol. The van der Waals surface area contributed by atoms with E-state index in [-0.39, 0.29) is 12.5 Å². The van der Waals surface area contributed by atoms with Gasteiger partial charge in [0.15, 0.2) is 0 Å². The van der Waals surface area contributed by atoms with Crippen molar-refractivity contribution in [1.82, 2.24) is 9.88 Å². The summed E-state index contributed by atoms with van der Waals surface area (Å²) in [7, 11) is 0. The highest BCUT2D eigenvalue weighted by molar-refractivity contribution is 6.06. The number of aromatic nitrogens is 1. The summed E-state index contributed by atoms with van der Waals surface area (Å²) in [6, 6.07) is 7.35. The highest BCUT2D eigenvalue weighted by atomic mass is 16.4. The van der Waals surface area contributed by atoms with Crippen molar-refractivity contribution in [3.05, 3.63) is 36.0 Å². The van der Waals surface area contributed by atoms with E-state index >= 15 is 0 Å². The predicted molar refractivity (Wildman–Crippen MR) is 76.7 cm³/mol. The normalized spacial score (nSPS) is 12.3. The van der Waals surface area contributed by atoms with E-state index < -0.39 is 11.9 Å². The van der Waals surface area contributed by atoms with Gasteiger partial charge in [0.25, 0.3) is 5.91 Å². The van der Waals surface area contributed by atoms with Crippen LogP contribution in [-0.2, 0) is 4.79 Å². The largest absolute Gasteiger partial charge is 0.481 e. The lowest BCUT2D eigenvalue weighted by Gasteiger charge is -2.23. The van der Waals surface area contributed by atoms with E-state index in [1.165, 1.54) is 0 Å². The molecule has 1 unspecified atom stereocenters. The summed E-state index contributed by atoms with van der Waals surface area (Å²) in [4.78, 5) is 28.1. The number of nitrogens with one attached hydrogen (secondary N) is 1. The molecule has 0 fully saturated rings. The lowest BCUT2D eigenvalue weighted by Crippen LogP contribution is -2.36. The maximum atomic E-state index is 12.6. The third-order valence-electron chi connectivity index (χ3n) is 3.41. The molecule has 1 aromatic heterocycles. The summed E-state index contributed by atoms with van der Waals surface area (Å²) < 4.78 is 0. The van der Waals surface area contributed by atoms with Crippen molar-refractivity contribution in [2.45, 2.75) is 13.8 Å². The molecular formula is C15H18N2O3. The van der Waals surface area contributed by atoms with Crippen LogP contribution in [0.25, 0.3) is 10.9 Å². The van der Waals surface area contributed by atoms with Crippen LogP contribution < -0.4 is 0 Å². The van der Waals surface area contributed by atoms with E-state index in [1.807, 2.05) is 25.1 Å². The topological polar surface area (TPSA) is 73.4 Å². The molecule has 0 spiro atoms. The van der Waals surface area contributed by atoms with Crippen LogP contribution in [0.3, 0.4) is 0 Å². The number of carbonyl (C=O) groups is 2. The number of amides is 1. The SMILES string of the molecule is CCN(CC(C)C(=O)O)C(=O)c1cccc2[nH]ccc12.